The first kappa shape index (κ1) is 19.6. The van der Waals surface area contributed by atoms with Crippen molar-refractivity contribution in [2.24, 2.45) is 0 Å². The SMILES string of the molecule is Cc1ccc(C2=C/C(=C\c3ccc([N+](=O)[O-])cc3)C(=O)N2c2ccc3c(c2)OCO3)cc1. The average molecular weight is 426 g/mol. The molecule has 2 aliphatic rings. The van der Waals surface area contributed by atoms with E-state index < -0.39 is 4.92 Å². The minimum absolute atomic E-state index is 0.00257. The Morgan fingerprint density at radius 2 is 1.69 bits per heavy atom. The number of anilines is 1. The molecule has 2 aliphatic heterocycles. The third-order valence-corrected chi connectivity index (χ3v) is 5.37. The van der Waals surface area contributed by atoms with E-state index in [-0.39, 0.29) is 18.4 Å². The Hall–Kier alpha value is -4.39. The van der Waals surface area contributed by atoms with Crippen LogP contribution in [0.4, 0.5) is 11.4 Å². The molecule has 7 heteroatoms. The molecule has 0 fully saturated rings. The lowest BCUT2D eigenvalue weighted by Crippen LogP contribution is -2.24. The molecule has 0 unspecified atom stereocenters. The molecular weight excluding hydrogens is 408 g/mol. The Labute approximate surface area is 184 Å². The van der Waals surface area contributed by atoms with E-state index in [2.05, 4.69) is 0 Å². The Morgan fingerprint density at radius 1 is 0.969 bits per heavy atom. The zero-order valence-electron chi connectivity index (χ0n) is 17.1. The van der Waals surface area contributed by atoms with Crippen LogP contribution in [0.15, 0.2) is 78.4 Å². The van der Waals surface area contributed by atoms with E-state index in [0.717, 1.165) is 16.8 Å². The van der Waals surface area contributed by atoms with Gasteiger partial charge in [-0.2, -0.15) is 0 Å². The highest BCUT2D eigenvalue weighted by Crippen LogP contribution is 2.40. The summed E-state index contributed by atoms with van der Waals surface area (Å²) in [6.45, 7) is 2.16. The largest absolute Gasteiger partial charge is 0.454 e. The van der Waals surface area contributed by atoms with Crippen molar-refractivity contribution in [1.82, 2.24) is 0 Å². The molecule has 0 bridgehead atoms. The van der Waals surface area contributed by atoms with Crippen LogP contribution in [0.25, 0.3) is 11.8 Å². The molecule has 7 nitrogen and oxygen atoms in total. The van der Waals surface area contributed by atoms with Gasteiger partial charge in [-0.3, -0.25) is 19.8 Å². The number of ether oxygens (including phenoxy) is 2. The van der Waals surface area contributed by atoms with Gasteiger partial charge < -0.3 is 9.47 Å². The normalized spacial score (nSPS) is 15.9. The second kappa shape index (κ2) is 7.70. The fourth-order valence-electron chi connectivity index (χ4n) is 3.70. The summed E-state index contributed by atoms with van der Waals surface area (Å²) < 4.78 is 10.9. The van der Waals surface area contributed by atoms with Crippen LogP contribution >= 0.6 is 0 Å². The summed E-state index contributed by atoms with van der Waals surface area (Å²) in [5.74, 6) is 1.03. The summed E-state index contributed by atoms with van der Waals surface area (Å²) in [7, 11) is 0. The van der Waals surface area contributed by atoms with Gasteiger partial charge in [0.05, 0.1) is 16.3 Å². The number of aryl methyl sites for hydroxylation is 1. The lowest BCUT2D eigenvalue weighted by atomic mass is 10.1. The smallest absolute Gasteiger partial charge is 0.269 e. The van der Waals surface area contributed by atoms with Gasteiger partial charge in [0.1, 0.15) is 0 Å². The van der Waals surface area contributed by atoms with Crippen LogP contribution in [0.2, 0.25) is 0 Å². The maximum absolute atomic E-state index is 13.5. The second-order valence-corrected chi connectivity index (χ2v) is 7.52. The van der Waals surface area contributed by atoms with Crippen molar-refractivity contribution in [1.29, 1.82) is 0 Å². The van der Waals surface area contributed by atoms with Crippen molar-refractivity contribution >= 4 is 29.1 Å². The Balaban J connectivity index is 1.58. The molecular formula is C25H18N2O5. The highest BCUT2D eigenvalue weighted by atomic mass is 16.7. The van der Waals surface area contributed by atoms with Crippen molar-refractivity contribution in [2.75, 3.05) is 11.7 Å². The van der Waals surface area contributed by atoms with Gasteiger partial charge >= 0.3 is 0 Å². The molecule has 5 rings (SSSR count). The third-order valence-electron chi connectivity index (χ3n) is 5.37. The minimum atomic E-state index is -0.450. The number of nitro groups is 1. The maximum atomic E-state index is 13.5. The number of fused-ring (bicyclic) bond motifs is 1. The molecule has 0 saturated carbocycles. The highest BCUT2D eigenvalue weighted by molar-refractivity contribution is 6.23. The average Bonchev–Trinajstić information content (AvgIpc) is 3.39. The van der Waals surface area contributed by atoms with Gasteiger partial charge in [-0.05, 0) is 54.5 Å². The molecule has 0 atom stereocenters. The Morgan fingerprint density at radius 3 is 2.41 bits per heavy atom. The first-order valence-electron chi connectivity index (χ1n) is 9.98. The number of hydrogen-bond acceptors (Lipinski definition) is 5. The molecule has 0 saturated heterocycles. The number of nitrogens with zero attached hydrogens (tertiary/aromatic N) is 2. The lowest BCUT2D eigenvalue weighted by Gasteiger charge is -2.21. The predicted octanol–water partition coefficient (Wildman–Crippen LogP) is 5.10. The highest BCUT2D eigenvalue weighted by Gasteiger charge is 2.31. The molecule has 1 amide bonds. The van der Waals surface area contributed by atoms with Crippen LogP contribution in [0, 0.1) is 17.0 Å². The van der Waals surface area contributed by atoms with Gasteiger partial charge in [0.2, 0.25) is 6.79 Å². The van der Waals surface area contributed by atoms with E-state index in [4.69, 9.17) is 9.47 Å². The van der Waals surface area contributed by atoms with E-state index in [1.165, 1.54) is 12.1 Å². The summed E-state index contributed by atoms with van der Waals surface area (Å²) in [4.78, 5) is 25.6. The van der Waals surface area contributed by atoms with Crippen LogP contribution in [0.5, 0.6) is 11.5 Å². The van der Waals surface area contributed by atoms with Crippen molar-refractivity contribution in [2.45, 2.75) is 6.92 Å². The number of hydrogen-bond donors (Lipinski definition) is 0. The molecule has 0 N–H and O–H groups in total. The summed E-state index contributed by atoms with van der Waals surface area (Å²) >= 11 is 0. The first-order valence-corrected chi connectivity index (χ1v) is 9.98. The molecule has 32 heavy (non-hydrogen) atoms. The van der Waals surface area contributed by atoms with Gasteiger partial charge in [-0.15, -0.1) is 0 Å². The standard InChI is InChI=1S/C25H18N2O5/c1-16-2-6-18(7-3-16)22-13-19(12-17-4-8-20(9-5-17)27(29)30)25(28)26(22)21-10-11-23-24(14-21)32-15-31-23/h2-14H,15H2,1H3/b19-12+. The summed E-state index contributed by atoms with van der Waals surface area (Å²) in [5, 5.41) is 10.9. The number of carbonyl (C=O) groups is 1. The Bertz CT molecular complexity index is 1290. The lowest BCUT2D eigenvalue weighted by molar-refractivity contribution is -0.384. The van der Waals surface area contributed by atoms with Crippen LogP contribution in [-0.2, 0) is 4.79 Å². The number of carbonyl (C=O) groups excluding carboxylic acids is 1. The summed E-state index contributed by atoms with van der Waals surface area (Å²) in [5.41, 5.74) is 4.60. The van der Waals surface area contributed by atoms with Gasteiger partial charge in [0, 0.05) is 23.8 Å². The van der Waals surface area contributed by atoms with E-state index in [1.807, 2.05) is 43.3 Å². The van der Waals surface area contributed by atoms with Gasteiger partial charge in [0.15, 0.2) is 11.5 Å². The summed E-state index contributed by atoms with van der Waals surface area (Å²) in [6, 6.07) is 19.4. The number of benzene rings is 3. The molecule has 158 valence electrons. The maximum Gasteiger partial charge on any atom is 0.269 e. The number of non-ortho nitro benzene ring substituents is 1. The quantitative estimate of drug-likeness (QED) is 0.329. The summed E-state index contributed by atoms with van der Waals surface area (Å²) in [6.07, 6.45) is 3.56. The van der Waals surface area contributed by atoms with E-state index in [9.17, 15) is 14.9 Å². The fourth-order valence-corrected chi connectivity index (χ4v) is 3.70. The van der Waals surface area contributed by atoms with Gasteiger partial charge in [-0.1, -0.05) is 29.8 Å². The third kappa shape index (κ3) is 3.50. The van der Waals surface area contributed by atoms with Crippen LogP contribution in [-0.4, -0.2) is 17.6 Å². The van der Waals surface area contributed by atoms with Crippen LogP contribution in [0.1, 0.15) is 16.7 Å². The number of nitro benzene ring substituents is 1. The molecule has 0 radical (unpaired) electrons. The van der Waals surface area contributed by atoms with Crippen LogP contribution in [0.3, 0.4) is 0 Å². The molecule has 0 aliphatic carbocycles. The zero-order chi connectivity index (χ0) is 22.2. The van der Waals surface area contributed by atoms with Crippen molar-refractivity contribution in [3.8, 4) is 11.5 Å². The van der Waals surface area contributed by atoms with Crippen molar-refractivity contribution in [3.05, 3.63) is 105 Å². The van der Waals surface area contributed by atoms with Gasteiger partial charge in [0.25, 0.3) is 11.6 Å². The zero-order valence-corrected chi connectivity index (χ0v) is 17.1. The topological polar surface area (TPSA) is 81.9 Å². The van der Waals surface area contributed by atoms with E-state index in [0.29, 0.717) is 28.3 Å². The van der Waals surface area contributed by atoms with E-state index in [1.54, 1.807) is 35.2 Å². The molecule has 3 aromatic carbocycles. The molecule has 0 aromatic heterocycles. The second-order valence-electron chi connectivity index (χ2n) is 7.52. The van der Waals surface area contributed by atoms with Gasteiger partial charge in [-0.25, -0.2) is 0 Å². The van der Waals surface area contributed by atoms with Crippen molar-refractivity contribution in [3.63, 3.8) is 0 Å². The molecule has 2 heterocycles. The van der Waals surface area contributed by atoms with Crippen LogP contribution < -0.4 is 14.4 Å². The Kier molecular flexibility index (Phi) is 4.71. The number of amides is 1. The predicted molar refractivity (Wildman–Crippen MR) is 120 cm³/mol. The minimum Gasteiger partial charge on any atom is -0.454 e. The van der Waals surface area contributed by atoms with Crippen molar-refractivity contribution < 1.29 is 19.2 Å². The monoisotopic (exact) mass is 426 g/mol. The molecule has 3 aromatic rings. The number of rotatable bonds is 4. The fraction of sp³-hybridized carbons (Fsp3) is 0.0800. The first-order chi connectivity index (χ1) is 15.5. The molecule has 0 spiro atoms. The van der Waals surface area contributed by atoms with E-state index >= 15 is 0 Å².